The monoisotopic (exact) mass is 247 g/mol. The van der Waals surface area contributed by atoms with Gasteiger partial charge in [0.25, 0.3) is 0 Å². The van der Waals surface area contributed by atoms with E-state index in [1.54, 1.807) is 11.8 Å². The zero-order valence-electron chi connectivity index (χ0n) is 11.8. The fourth-order valence-electron chi connectivity index (χ4n) is 3.01. The van der Waals surface area contributed by atoms with Gasteiger partial charge in [0.05, 0.1) is 6.26 Å². The summed E-state index contributed by atoms with van der Waals surface area (Å²) < 4.78 is 5.38. The van der Waals surface area contributed by atoms with E-state index >= 15 is 0 Å². The highest BCUT2D eigenvalue weighted by molar-refractivity contribution is 5.06. The van der Waals surface area contributed by atoms with Crippen LogP contribution >= 0.6 is 0 Å². The van der Waals surface area contributed by atoms with Gasteiger partial charge in [0.2, 0.25) is 0 Å². The Morgan fingerprint density at radius 3 is 3.00 bits per heavy atom. The minimum atomic E-state index is 0.484. The molecular formula is C16H25NO. The maximum absolute atomic E-state index is 5.38. The Bertz CT molecular complexity index is 380. The van der Waals surface area contributed by atoms with Crippen molar-refractivity contribution < 1.29 is 4.42 Å². The normalized spacial score (nSPS) is 25.8. The summed E-state index contributed by atoms with van der Waals surface area (Å²) in [6, 6.07) is 4.49. The van der Waals surface area contributed by atoms with Gasteiger partial charge in [-0.15, -0.1) is 0 Å². The van der Waals surface area contributed by atoms with Crippen LogP contribution < -0.4 is 5.32 Å². The van der Waals surface area contributed by atoms with Crippen LogP contribution in [0.2, 0.25) is 0 Å². The van der Waals surface area contributed by atoms with Crippen LogP contribution in [0.4, 0.5) is 0 Å². The average Bonchev–Trinajstić information content (AvgIpc) is 2.78. The maximum Gasteiger partial charge on any atom is 0.105 e. The Hall–Kier alpha value is -1.02. The molecule has 3 atom stereocenters. The first kappa shape index (κ1) is 13.4. The summed E-state index contributed by atoms with van der Waals surface area (Å²) in [6.45, 7) is 7.94. The fraction of sp³-hybridized carbons (Fsp3) is 0.625. The molecule has 0 saturated heterocycles. The molecule has 0 saturated carbocycles. The molecule has 0 amide bonds. The van der Waals surface area contributed by atoms with Crippen LogP contribution in [0.1, 0.15) is 39.4 Å². The first-order chi connectivity index (χ1) is 8.63. The van der Waals surface area contributed by atoms with Crippen LogP contribution in [0, 0.1) is 11.8 Å². The number of hydrogen-bond acceptors (Lipinski definition) is 2. The molecule has 1 heterocycles. The van der Waals surface area contributed by atoms with E-state index in [0.717, 1.165) is 30.6 Å². The Morgan fingerprint density at radius 1 is 1.50 bits per heavy atom. The molecule has 0 aromatic carbocycles. The van der Waals surface area contributed by atoms with Gasteiger partial charge in [0, 0.05) is 12.5 Å². The van der Waals surface area contributed by atoms with E-state index in [4.69, 9.17) is 4.42 Å². The second-order valence-corrected chi connectivity index (χ2v) is 5.89. The topological polar surface area (TPSA) is 25.2 Å². The molecule has 1 aromatic heterocycles. The number of allylic oxidation sites excluding steroid dienone is 2. The van der Waals surface area contributed by atoms with Crippen LogP contribution in [0.5, 0.6) is 0 Å². The fourth-order valence-corrected chi connectivity index (χ4v) is 3.01. The molecule has 18 heavy (non-hydrogen) atoms. The zero-order chi connectivity index (χ0) is 13.0. The van der Waals surface area contributed by atoms with E-state index in [2.05, 4.69) is 32.2 Å². The van der Waals surface area contributed by atoms with Crippen molar-refractivity contribution in [3.05, 3.63) is 35.8 Å². The third-order valence-electron chi connectivity index (χ3n) is 3.73. The quantitative estimate of drug-likeness (QED) is 0.801. The second kappa shape index (κ2) is 6.24. The minimum absolute atomic E-state index is 0.484. The molecule has 0 aliphatic heterocycles. The summed E-state index contributed by atoms with van der Waals surface area (Å²) in [6.07, 6.45) is 7.72. The van der Waals surface area contributed by atoms with Gasteiger partial charge in [0.1, 0.15) is 5.76 Å². The second-order valence-electron chi connectivity index (χ2n) is 5.89. The highest BCUT2D eigenvalue weighted by Crippen LogP contribution is 2.27. The van der Waals surface area contributed by atoms with Gasteiger partial charge >= 0.3 is 0 Å². The summed E-state index contributed by atoms with van der Waals surface area (Å²) in [5.41, 5.74) is 1.55. The molecule has 1 aromatic rings. The molecular weight excluding hydrogens is 222 g/mol. The molecule has 0 fully saturated rings. The largest absolute Gasteiger partial charge is 0.469 e. The zero-order valence-corrected chi connectivity index (χ0v) is 11.8. The van der Waals surface area contributed by atoms with Crippen molar-refractivity contribution in [2.45, 2.75) is 46.1 Å². The summed E-state index contributed by atoms with van der Waals surface area (Å²) in [7, 11) is 0. The lowest BCUT2D eigenvalue weighted by Crippen LogP contribution is -2.34. The Kier molecular flexibility index (Phi) is 4.65. The van der Waals surface area contributed by atoms with Gasteiger partial charge < -0.3 is 9.73 Å². The summed E-state index contributed by atoms with van der Waals surface area (Å²) in [5, 5.41) is 3.64. The van der Waals surface area contributed by atoms with E-state index in [-0.39, 0.29) is 0 Å². The van der Waals surface area contributed by atoms with Gasteiger partial charge in [-0.25, -0.2) is 0 Å². The minimum Gasteiger partial charge on any atom is -0.469 e. The molecule has 100 valence electrons. The smallest absolute Gasteiger partial charge is 0.105 e. The summed E-state index contributed by atoms with van der Waals surface area (Å²) >= 11 is 0. The number of rotatable bonds is 5. The molecule has 1 aliphatic rings. The van der Waals surface area contributed by atoms with E-state index in [9.17, 15) is 0 Å². The van der Waals surface area contributed by atoms with Crippen LogP contribution in [0.25, 0.3) is 0 Å². The predicted molar refractivity (Wildman–Crippen MR) is 75.5 cm³/mol. The molecule has 1 N–H and O–H groups in total. The number of furan rings is 1. The van der Waals surface area contributed by atoms with E-state index in [0.29, 0.717) is 6.04 Å². The van der Waals surface area contributed by atoms with Crippen molar-refractivity contribution in [3.63, 3.8) is 0 Å². The first-order valence-electron chi connectivity index (χ1n) is 7.06. The van der Waals surface area contributed by atoms with Crippen LogP contribution in [0.15, 0.2) is 34.5 Å². The van der Waals surface area contributed by atoms with Crippen LogP contribution in [-0.4, -0.2) is 12.6 Å². The van der Waals surface area contributed by atoms with Crippen LogP contribution in [0.3, 0.4) is 0 Å². The maximum atomic E-state index is 5.38. The highest BCUT2D eigenvalue weighted by Gasteiger charge is 2.18. The molecule has 3 unspecified atom stereocenters. The van der Waals surface area contributed by atoms with Crippen molar-refractivity contribution >= 4 is 0 Å². The van der Waals surface area contributed by atoms with Crippen molar-refractivity contribution in [2.75, 3.05) is 6.54 Å². The molecule has 0 spiro atoms. The van der Waals surface area contributed by atoms with Crippen molar-refractivity contribution in [2.24, 2.45) is 11.8 Å². The molecule has 2 heteroatoms. The first-order valence-corrected chi connectivity index (χ1v) is 7.06. The SMILES string of the molecule is CC1=CC(C)CC(CNC(C)Cc2ccco2)C1. The van der Waals surface area contributed by atoms with Crippen molar-refractivity contribution in [3.8, 4) is 0 Å². The lowest BCUT2D eigenvalue weighted by molar-refractivity contribution is 0.357. The van der Waals surface area contributed by atoms with E-state index < -0.39 is 0 Å². The van der Waals surface area contributed by atoms with Gasteiger partial charge in [-0.3, -0.25) is 0 Å². The Morgan fingerprint density at radius 2 is 2.33 bits per heavy atom. The van der Waals surface area contributed by atoms with Crippen LogP contribution in [-0.2, 0) is 6.42 Å². The average molecular weight is 247 g/mol. The predicted octanol–water partition coefficient (Wildman–Crippen LogP) is 3.79. The molecule has 2 nitrogen and oxygen atoms in total. The summed E-state index contributed by atoms with van der Waals surface area (Å²) in [5.74, 6) is 2.61. The number of hydrogen-bond donors (Lipinski definition) is 1. The number of nitrogens with one attached hydrogen (secondary N) is 1. The van der Waals surface area contributed by atoms with Gasteiger partial charge in [-0.2, -0.15) is 0 Å². The molecule has 2 rings (SSSR count). The summed E-state index contributed by atoms with van der Waals surface area (Å²) in [4.78, 5) is 0. The Balaban J connectivity index is 1.73. The van der Waals surface area contributed by atoms with Crippen molar-refractivity contribution in [1.82, 2.24) is 5.32 Å². The van der Waals surface area contributed by atoms with Gasteiger partial charge in [-0.05, 0) is 57.2 Å². The standard InChI is InChI=1S/C16H25NO/c1-12-7-13(2)9-15(8-12)11-17-14(3)10-16-5-4-6-18-16/h4-7,12,14-15,17H,8-11H2,1-3H3. The van der Waals surface area contributed by atoms with E-state index in [1.165, 1.54) is 12.8 Å². The third kappa shape index (κ3) is 4.02. The molecule has 0 radical (unpaired) electrons. The molecule has 0 bridgehead atoms. The highest BCUT2D eigenvalue weighted by atomic mass is 16.3. The van der Waals surface area contributed by atoms with Crippen molar-refractivity contribution in [1.29, 1.82) is 0 Å². The lowest BCUT2D eigenvalue weighted by Gasteiger charge is -2.27. The Labute approximate surface area is 110 Å². The lowest BCUT2D eigenvalue weighted by atomic mass is 9.83. The van der Waals surface area contributed by atoms with E-state index in [1.807, 2.05) is 12.1 Å². The van der Waals surface area contributed by atoms with Gasteiger partial charge in [-0.1, -0.05) is 18.6 Å². The molecule has 1 aliphatic carbocycles. The van der Waals surface area contributed by atoms with Gasteiger partial charge in [0.15, 0.2) is 0 Å². The third-order valence-corrected chi connectivity index (χ3v) is 3.73.